The van der Waals surface area contributed by atoms with E-state index in [1.165, 1.54) is 43.2 Å². The zero-order chi connectivity index (χ0) is 27.6. The zero-order valence-electron chi connectivity index (χ0n) is 22.0. The van der Waals surface area contributed by atoms with Gasteiger partial charge in [-0.3, -0.25) is 14.9 Å². The zero-order valence-corrected chi connectivity index (χ0v) is 23.5. The summed E-state index contributed by atoms with van der Waals surface area (Å²) in [6, 6.07) is 5.22. The standard InChI is InChI=1S/C29H35Cl2F2N3O2/c1-29(2,3)15-24-18-13-22(33)20(31)14-23(18)36-27(37)25(17-8-9-21(32)19(30)12-17)26(35-24)28(38)34-11-10-16-6-4-5-7-16/h8-9,12-14,16,24-26,35H,4-7,10-11,15H2,1-3H3,(H,34,38)(H,36,37)/t24?,25-,26+/m0/s1. The molecule has 0 saturated heterocycles. The number of rotatable bonds is 6. The van der Waals surface area contributed by atoms with Crippen LogP contribution in [0.15, 0.2) is 30.3 Å². The van der Waals surface area contributed by atoms with E-state index in [1.54, 1.807) is 0 Å². The van der Waals surface area contributed by atoms with Gasteiger partial charge >= 0.3 is 0 Å². The summed E-state index contributed by atoms with van der Waals surface area (Å²) in [6.45, 7) is 6.63. The minimum atomic E-state index is -1.03. The van der Waals surface area contributed by atoms with E-state index >= 15 is 0 Å². The second-order valence-electron chi connectivity index (χ2n) is 11.7. The van der Waals surface area contributed by atoms with E-state index in [0.29, 0.717) is 35.7 Å². The van der Waals surface area contributed by atoms with Gasteiger partial charge in [-0.05, 0) is 59.6 Å². The highest BCUT2D eigenvalue weighted by Gasteiger charge is 2.40. The van der Waals surface area contributed by atoms with E-state index in [2.05, 4.69) is 16.0 Å². The maximum atomic E-state index is 14.6. The Labute approximate surface area is 233 Å². The van der Waals surface area contributed by atoms with Crippen LogP contribution in [0.3, 0.4) is 0 Å². The van der Waals surface area contributed by atoms with Crippen molar-refractivity contribution in [3.63, 3.8) is 0 Å². The molecular formula is C29H35Cl2F2N3O2. The highest BCUT2D eigenvalue weighted by Crippen LogP contribution is 2.39. The number of anilines is 1. The topological polar surface area (TPSA) is 70.2 Å². The highest BCUT2D eigenvalue weighted by molar-refractivity contribution is 6.31. The number of benzene rings is 2. The Morgan fingerprint density at radius 2 is 1.74 bits per heavy atom. The van der Waals surface area contributed by atoms with Gasteiger partial charge in [-0.1, -0.05) is 75.7 Å². The Bertz CT molecular complexity index is 1200. The van der Waals surface area contributed by atoms with E-state index in [9.17, 15) is 18.4 Å². The summed E-state index contributed by atoms with van der Waals surface area (Å²) < 4.78 is 28.7. The van der Waals surface area contributed by atoms with Crippen LogP contribution in [0.5, 0.6) is 0 Å². The van der Waals surface area contributed by atoms with Crippen molar-refractivity contribution in [3.05, 3.63) is 63.1 Å². The molecule has 1 saturated carbocycles. The van der Waals surface area contributed by atoms with Crippen molar-refractivity contribution in [2.75, 3.05) is 11.9 Å². The maximum absolute atomic E-state index is 14.6. The Balaban J connectivity index is 1.75. The molecule has 0 bridgehead atoms. The molecule has 206 valence electrons. The molecule has 2 aliphatic rings. The van der Waals surface area contributed by atoms with Gasteiger partial charge in [0.25, 0.3) is 0 Å². The van der Waals surface area contributed by atoms with Crippen LogP contribution < -0.4 is 16.0 Å². The Morgan fingerprint density at radius 3 is 2.39 bits per heavy atom. The summed E-state index contributed by atoms with van der Waals surface area (Å²) in [5.74, 6) is -2.52. The summed E-state index contributed by atoms with van der Waals surface area (Å²) >= 11 is 12.2. The van der Waals surface area contributed by atoms with Gasteiger partial charge in [0.1, 0.15) is 17.7 Å². The molecule has 1 fully saturated rings. The fourth-order valence-electron chi connectivity index (χ4n) is 5.59. The first-order valence-corrected chi connectivity index (χ1v) is 14.0. The smallest absolute Gasteiger partial charge is 0.238 e. The normalized spacial score (nSPS) is 22.4. The van der Waals surface area contributed by atoms with Gasteiger partial charge in [-0.2, -0.15) is 0 Å². The summed E-state index contributed by atoms with van der Waals surface area (Å²) in [5.41, 5.74) is 1.06. The van der Waals surface area contributed by atoms with Gasteiger partial charge in [-0.25, -0.2) is 8.78 Å². The van der Waals surface area contributed by atoms with Crippen molar-refractivity contribution < 1.29 is 18.4 Å². The molecule has 1 aliphatic carbocycles. The van der Waals surface area contributed by atoms with E-state index in [4.69, 9.17) is 23.2 Å². The molecule has 4 rings (SSSR count). The lowest BCUT2D eigenvalue weighted by atomic mass is 9.81. The molecular weight excluding hydrogens is 531 g/mol. The second-order valence-corrected chi connectivity index (χ2v) is 12.5. The van der Waals surface area contributed by atoms with E-state index in [0.717, 1.165) is 19.3 Å². The highest BCUT2D eigenvalue weighted by atomic mass is 35.5. The largest absolute Gasteiger partial charge is 0.355 e. The first-order valence-electron chi connectivity index (χ1n) is 13.2. The number of nitrogens with one attached hydrogen (secondary N) is 3. The van der Waals surface area contributed by atoms with Crippen molar-refractivity contribution >= 4 is 40.7 Å². The third-order valence-corrected chi connectivity index (χ3v) is 8.03. The van der Waals surface area contributed by atoms with Crippen molar-refractivity contribution in [3.8, 4) is 0 Å². The van der Waals surface area contributed by atoms with Gasteiger partial charge in [0.2, 0.25) is 11.8 Å². The van der Waals surface area contributed by atoms with Crippen LogP contribution in [0.4, 0.5) is 14.5 Å². The first-order chi connectivity index (χ1) is 17.9. The van der Waals surface area contributed by atoms with Gasteiger partial charge in [-0.15, -0.1) is 0 Å². The summed E-state index contributed by atoms with van der Waals surface area (Å²) in [4.78, 5) is 27.4. The molecule has 1 unspecified atom stereocenters. The fourth-order valence-corrected chi connectivity index (χ4v) is 5.94. The van der Waals surface area contributed by atoms with Gasteiger partial charge in [0, 0.05) is 18.3 Å². The number of halogens is 4. The van der Waals surface area contributed by atoms with Crippen molar-refractivity contribution in [1.82, 2.24) is 10.6 Å². The lowest BCUT2D eigenvalue weighted by Gasteiger charge is -2.37. The SMILES string of the molecule is CC(C)(C)CC1N[C@@H](C(=O)NCCC2CCCC2)[C@H](c2ccc(F)c(Cl)c2)C(=O)Nc2cc(Cl)c(F)cc21. The Morgan fingerprint density at radius 1 is 1.05 bits per heavy atom. The molecule has 1 aliphatic heterocycles. The molecule has 2 aromatic carbocycles. The van der Waals surface area contributed by atoms with Crippen LogP contribution in [-0.2, 0) is 9.59 Å². The van der Waals surface area contributed by atoms with Crippen LogP contribution in [0.2, 0.25) is 10.0 Å². The number of carbonyl (C=O) groups excluding carboxylic acids is 2. The third kappa shape index (κ3) is 6.85. The summed E-state index contributed by atoms with van der Waals surface area (Å²) in [7, 11) is 0. The predicted molar refractivity (Wildman–Crippen MR) is 148 cm³/mol. The lowest BCUT2D eigenvalue weighted by molar-refractivity contribution is -0.128. The van der Waals surface area contributed by atoms with Gasteiger partial charge < -0.3 is 10.6 Å². The maximum Gasteiger partial charge on any atom is 0.238 e. The molecule has 2 aromatic rings. The molecule has 0 radical (unpaired) electrons. The van der Waals surface area contributed by atoms with E-state index in [1.807, 2.05) is 20.8 Å². The monoisotopic (exact) mass is 565 g/mol. The molecule has 0 spiro atoms. The van der Waals surface area contributed by atoms with Crippen molar-refractivity contribution in [2.45, 2.75) is 77.3 Å². The molecule has 2 amide bonds. The first kappa shape index (κ1) is 28.8. The third-order valence-electron chi connectivity index (χ3n) is 7.45. The predicted octanol–water partition coefficient (Wildman–Crippen LogP) is 7.14. The molecule has 3 atom stereocenters. The van der Waals surface area contributed by atoms with Gasteiger partial charge in [0.15, 0.2) is 0 Å². The van der Waals surface area contributed by atoms with Crippen molar-refractivity contribution in [2.24, 2.45) is 11.3 Å². The van der Waals surface area contributed by atoms with Crippen LogP contribution >= 0.6 is 23.2 Å². The average molecular weight is 567 g/mol. The molecule has 9 heteroatoms. The number of fused-ring (bicyclic) bond motifs is 1. The fraction of sp³-hybridized carbons (Fsp3) is 0.517. The molecule has 3 N–H and O–H groups in total. The number of hydrogen-bond acceptors (Lipinski definition) is 3. The van der Waals surface area contributed by atoms with E-state index < -0.39 is 35.5 Å². The molecule has 5 nitrogen and oxygen atoms in total. The lowest BCUT2D eigenvalue weighted by Crippen LogP contribution is -2.53. The molecule has 38 heavy (non-hydrogen) atoms. The van der Waals surface area contributed by atoms with Crippen LogP contribution in [0.1, 0.15) is 82.4 Å². The number of amides is 2. The Hall–Kier alpha value is -2.22. The van der Waals surface area contributed by atoms with Crippen LogP contribution in [0.25, 0.3) is 0 Å². The molecule has 0 aromatic heterocycles. The number of carbonyl (C=O) groups is 2. The van der Waals surface area contributed by atoms with Gasteiger partial charge in [0.05, 0.1) is 16.0 Å². The quantitative estimate of drug-likeness (QED) is 0.348. The summed E-state index contributed by atoms with van der Waals surface area (Å²) in [5, 5.41) is 9.01. The minimum Gasteiger partial charge on any atom is -0.355 e. The van der Waals surface area contributed by atoms with Crippen molar-refractivity contribution in [1.29, 1.82) is 0 Å². The Kier molecular flexibility index (Phi) is 9.00. The van der Waals surface area contributed by atoms with Crippen LogP contribution in [-0.4, -0.2) is 24.4 Å². The molecule has 1 heterocycles. The average Bonchev–Trinajstić information content (AvgIpc) is 3.34. The number of hydrogen-bond donors (Lipinski definition) is 3. The van der Waals surface area contributed by atoms with E-state index in [-0.39, 0.29) is 21.4 Å². The second kappa shape index (κ2) is 11.9. The summed E-state index contributed by atoms with van der Waals surface area (Å²) in [6.07, 6.45) is 6.16. The van der Waals surface area contributed by atoms with Crippen LogP contribution in [0, 0.1) is 23.0 Å². The minimum absolute atomic E-state index is 0.123.